The van der Waals surface area contributed by atoms with Gasteiger partial charge in [0.1, 0.15) is 23.0 Å². The second-order valence-corrected chi connectivity index (χ2v) is 32.1. The Morgan fingerprint density at radius 2 is 0.752 bits per heavy atom. The molecule has 4 atom stereocenters. The highest BCUT2D eigenvalue weighted by molar-refractivity contribution is 7.86. The summed E-state index contributed by atoms with van der Waals surface area (Å²) in [7, 11) is 4.15. The zero-order valence-electron chi connectivity index (χ0n) is 67.0. The van der Waals surface area contributed by atoms with E-state index in [0.29, 0.717) is 80.5 Å². The Morgan fingerprint density at radius 3 is 1.13 bits per heavy atom. The lowest BCUT2D eigenvalue weighted by Gasteiger charge is -2.35. The fraction of sp³-hybridized carbons (Fsp3) is 0.536. The summed E-state index contributed by atoms with van der Waals surface area (Å²) in [5.41, 5.74) is 9.32. The van der Waals surface area contributed by atoms with Crippen molar-refractivity contribution in [1.82, 2.24) is 0 Å². The summed E-state index contributed by atoms with van der Waals surface area (Å²) in [6, 6.07) is 28.2. The van der Waals surface area contributed by atoms with Gasteiger partial charge in [-0.15, -0.1) is 0 Å². The minimum Gasteiger partial charge on any atom is -0.490 e. The molecule has 618 valence electrons. The third kappa shape index (κ3) is 20.8. The first-order valence-electron chi connectivity index (χ1n) is 37.9. The van der Waals surface area contributed by atoms with E-state index < -0.39 is 84.6 Å². The van der Waals surface area contributed by atoms with Crippen molar-refractivity contribution in [3.8, 4) is 34.5 Å². The van der Waals surface area contributed by atoms with Crippen molar-refractivity contribution in [2.24, 2.45) is 0 Å². The number of rotatable bonds is 46. The molecule has 0 spiro atoms. The van der Waals surface area contributed by atoms with E-state index >= 15 is 0 Å². The number of methoxy groups -OCH3 is 8. The monoisotopic (exact) mass is 1610 g/mol. The van der Waals surface area contributed by atoms with E-state index in [4.69, 9.17) is 93.6 Å². The molecule has 3 aliphatic heterocycles. The van der Waals surface area contributed by atoms with Crippen molar-refractivity contribution < 1.29 is 125 Å². The van der Waals surface area contributed by atoms with Crippen LogP contribution >= 0.6 is 0 Å². The lowest BCUT2D eigenvalue weighted by Crippen LogP contribution is -2.29. The first-order chi connectivity index (χ1) is 54.4. The minimum absolute atomic E-state index is 0.00239. The molecule has 0 amide bonds. The second-order valence-electron chi connectivity index (χ2n) is 28.9. The number of ether oxygens (including phenoxy) is 18. The van der Waals surface area contributed by atoms with E-state index in [1.165, 1.54) is 7.11 Å². The summed E-state index contributed by atoms with van der Waals surface area (Å²) in [6.45, 7) is 11.0. The molecule has 3 saturated heterocycles. The molecule has 3 heterocycles. The molecule has 4 unspecified atom stereocenters. The smallest absolute Gasteiger partial charge is 0.347 e. The second kappa shape index (κ2) is 40.0. The Labute approximate surface area is 663 Å². The predicted octanol–water partition coefficient (Wildman–Crippen LogP) is 11.9. The van der Waals surface area contributed by atoms with Crippen LogP contribution in [0, 0.1) is 0 Å². The highest BCUT2D eigenvalue weighted by Crippen LogP contribution is 2.52. The van der Waals surface area contributed by atoms with Gasteiger partial charge in [-0.05, 0) is 140 Å². The number of carbonyl (C=O) groups is 3. The zero-order valence-corrected chi connectivity index (χ0v) is 68.7. The fourth-order valence-electron chi connectivity index (χ4n) is 15.3. The molecule has 1 saturated carbocycles. The molecule has 6 aromatic carbocycles. The summed E-state index contributed by atoms with van der Waals surface area (Å²) < 4.78 is 171. The average Bonchev–Trinajstić information content (AvgIpc) is 1.25. The summed E-state index contributed by atoms with van der Waals surface area (Å²) in [4.78, 5) is 39.1. The quantitative estimate of drug-likeness (QED) is 0.0113. The standard InChI is InChI=1S/C84H108O27S2/c1-14-101-73-42-69(84(26-16-17-27-84)68-39-54(43-92-6)74(55(40-68)44-93-7)105-52-112(88,89)107-15-2)41-61(50-99-13)78(73)106-53-113(90,91)108-29-18-28-100-51-62-38-67(37-60(49-98-12)77(62)111-72-25-32-104-81(72)87)83(5,66-35-58(47-96-10)76(59(36-66)48-97-11)110-71-24-31-103-80(71)86)64-21-19-63(20-22-64)82(3,4)65-33-56(45-94-8)75(57(34-65)46-95-9)109-70-23-30-102-79(70)85/h19-22,33-42,70-72H,14-18,23-32,43-53H2,1-13H3. The molecule has 4 aliphatic rings. The molecule has 6 aromatic rings. The molecule has 0 N–H and O–H groups in total. The number of cyclic esters (lactones) is 3. The van der Waals surface area contributed by atoms with Crippen molar-refractivity contribution in [2.45, 2.75) is 180 Å². The van der Waals surface area contributed by atoms with Crippen molar-refractivity contribution in [2.75, 3.05) is 115 Å². The third-order valence-electron chi connectivity index (χ3n) is 20.8. The molecule has 4 fully saturated rings. The van der Waals surface area contributed by atoms with Crippen LogP contribution < -0.4 is 28.4 Å². The van der Waals surface area contributed by atoms with E-state index in [2.05, 4.69) is 45.0 Å². The van der Waals surface area contributed by atoms with Crippen LogP contribution in [0.5, 0.6) is 34.5 Å². The van der Waals surface area contributed by atoms with E-state index in [1.807, 2.05) is 67.6 Å². The molecule has 10 rings (SSSR count). The Hall–Kier alpha value is -8.01. The normalized spacial score (nSPS) is 17.6. The van der Waals surface area contributed by atoms with Gasteiger partial charge >= 0.3 is 38.1 Å². The van der Waals surface area contributed by atoms with Crippen LogP contribution in [0.4, 0.5) is 0 Å². The lowest BCUT2D eigenvalue weighted by atomic mass is 9.68. The Morgan fingerprint density at radius 1 is 0.398 bits per heavy atom. The molecule has 1 aliphatic carbocycles. The fourth-order valence-corrected chi connectivity index (χ4v) is 16.7. The Bertz CT molecular complexity index is 4370. The summed E-state index contributed by atoms with van der Waals surface area (Å²) in [6.07, 6.45) is 1.82. The van der Waals surface area contributed by atoms with Crippen LogP contribution in [0.1, 0.15) is 175 Å². The van der Waals surface area contributed by atoms with Crippen molar-refractivity contribution >= 4 is 38.1 Å². The Kier molecular flexibility index (Phi) is 31.0. The van der Waals surface area contributed by atoms with Gasteiger partial charge in [0, 0.05) is 149 Å². The van der Waals surface area contributed by atoms with Crippen LogP contribution in [0.25, 0.3) is 0 Å². The maximum atomic E-state index is 14.0. The molecular formula is C84H108O27S2. The SMILES string of the molecule is CCOc1cc(C2(c3cc(COC)c(OCS(=O)(=O)OCC)c(COC)c3)CCCC2)cc(COC)c1OCS(=O)(=O)OCCCOCc1cc(C(C)(c2ccc(C(C)(C)c3cc(COC)c(OC4CCOC4=O)c(COC)c3)cc2)c2cc(COC)c(OC3CCOC3=O)c(COC)c2)cc(COC)c1OC1CCOC1=O. The summed E-state index contributed by atoms with van der Waals surface area (Å²) in [5, 5.41) is 0. The summed E-state index contributed by atoms with van der Waals surface area (Å²) >= 11 is 0. The van der Waals surface area contributed by atoms with Crippen LogP contribution in [0.15, 0.2) is 84.9 Å². The van der Waals surface area contributed by atoms with Gasteiger partial charge in [0.25, 0.3) is 0 Å². The maximum absolute atomic E-state index is 14.0. The maximum Gasteiger partial charge on any atom is 0.347 e. The molecule has 29 heteroatoms. The van der Waals surface area contributed by atoms with Crippen molar-refractivity contribution in [3.05, 3.63) is 174 Å². The van der Waals surface area contributed by atoms with Crippen LogP contribution in [-0.2, 0) is 176 Å². The Balaban J connectivity index is 0.954. The van der Waals surface area contributed by atoms with Crippen LogP contribution in [0.3, 0.4) is 0 Å². The van der Waals surface area contributed by atoms with E-state index in [9.17, 15) is 31.2 Å². The van der Waals surface area contributed by atoms with Gasteiger partial charge in [-0.3, -0.25) is 8.37 Å². The topological polar surface area (TPSA) is 304 Å². The molecular weight excluding hydrogens is 1510 g/mol. The molecule has 0 radical (unpaired) electrons. The molecule has 0 aromatic heterocycles. The van der Waals surface area contributed by atoms with Gasteiger partial charge in [-0.1, -0.05) is 51.0 Å². The molecule has 27 nitrogen and oxygen atoms in total. The van der Waals surface area contributed by atoms with Gasteiger partial charge < -0.3 is 85.3 Å². The minimum atomic E-state index is -4.39. The van der Waals surface area contributed by atoms with Gasteiger partial charge in [-0.25, -0.2) is 14.4 Å². The summed E-state index contributed by atoms with van der Waals surface area (Å²) in [5.74, 6) is -0.960. The molecule has 113 heavy (non-hydrogen) atoms. The van der Waals surface area contributed by atoms with E-state index in [1.54, 1.807) is 56.7 Å². The van der Waals surface area contributed by atoms with Crippen molar-refractivity contribution in [3.63, 3.8) is 0 Å². The van der Waals surface area contributed by atoms with Crippen LogP contribution in [0.2, 0.25) is 0 Å². The number of hydrogen-bond donors (Lipinski definition) is 0. The highest BCUT2D eigenvalue weighted by atomic mass is 32.2. The zero-order chi connectivity index (χ0) is 81.1. The first kappa shape index (κ1) is 87.4. The van der Waals surface area contributed by atoms with Crippen LogP contribution in [-0.4, -0.2) is 168 Å². The van der Waals surface area contributed by atoms with Gasteiger partial charge in [0.05, 0.1) is 99.1 Å². The largest absolute Gasteiger partial charge is 0.490 e. The van der Waals surface area contributed by atoms with E-state index in [-0.39, 0.29) is 124 Å². The van der Waals surface area contributed by atoms with E-state index in [0.717, 1.165) is 75.8 Å². The highest BCUT2D eigenvalue weighted by Gasteiger charge is 2.42. The predicted molar refractivity (Wildman–Crippen MR) is 413 cm³/mol. The average molecular weight is 1610 g/mol. The van der Waals surface area contributed by atoms with Gasteiger partial charge in [0.2, 0.25) is 11.9 Å². The number of carbonyl (C=O) groups excluding carboxylic acids is 3. The molecule has 0 bridgehead atoms. The third-order valence-corrected chi connectivity index (χ3v) is 22.7. The van der Waals surface area contributed by atoms with Gasteiger partial charge in [-0.2, -0.15) is 16.8 Å². The van der Waals surface area contributed by atoms with Crippen molar-refractivity contribution in [1.29, 1.82) is 0 Å². The number of hydrogen-bond acceptors (Lipinski definition) is 27. The lowest BCUT2D eigenvalue weighted by molar-refractivity contribution is -0.144. The number of benzene rings is 6. The van der Waals surface area contributed by atoms with Gasteiger partial charge in [0.15, 0.2) is 29.8 Å². The number of esters is 3. The first-order valence-corrected chi connectivity index (χ1v) is 41.1.